The van der Waals surface area contributed by atoms with E-state index >= 15 is 0 Å². The molecule has 17 atom stereocenters. The average Bonchev–Trinajstić information content (AvgIpc) is 3.29. The van der Waals surface area contributed by atoms with E-state index in [9.17, 15) is 38.8 Å². The Labute approximate surface area is 402 Å². The van der Waals surface area contributed by atoms with Gasteiger partial charge in [-0.15, -0.1) is 0 Å². The molecule has 4 bridgehead atoms. The van der Waals surface area contributed by atoms with E-state index in [-0.39, 0.29) is 53.6 Å². The van der Waals surface area contributed by atoms with Crippen molar-refractivity contribution in [1.82, 2.24) is 4.90 Å². The van der Waals surface area contributed by atoms with Crippen LogP contribution in [0.2, 0.25) is 0 Å². The minimum Gasteiger partial charge on any atom is -0.460 e. The summed E-state index contributed by atoms with van der Waals surface area (Å²) in [4.78, 5) is 72.5. The number of allylic oxidation sites excluding steroid dienone is 6. The summed E-state index contributed by atoms with van der Waals surface area (Å²) in [5.41, 5.74) is 1.28. The number of Topliss-reactive ketones (excluding diaryl/α,β-unsaturated/α-hetero) is 3. The molecule has 16 heteroatoms. The maximum absolute atomic E-state index is 14.5. The number of hydrogen-bond acceptors (Lipinski definition) is 14. The first-order chi connectivity index (χ1) is 31.7. The molecule has 1 amide bonds. The van der Waals surface area contributed by atoms with E-state index < -0.39 is 90.7 Å². The number of aliphatic hydroxyl groups is 2. The predicted octanol–water partition coefficient (Wildman–Crippen LogP) is 7.51. The molecule has 1 saturated carbocycles. The molecule has 4 heterocycles. The summed E-state index contributed by atoms with van der Waals surface area (Å²) in [6.45, 7) is 12.6. The van der Waals surface area contributed by atoms with Crippen molar-refractivity contribution in [2.45, 2.75) is 166 Å². The highest BCUT2D eigenvalue weighted by atomic mass is 32.7. The smallest absolute Gasteiger partial charge is 0.407 e. The molecule has 0 spiro atoms. The Balaban J connectivity index is 1.51. The molecule has 4 aliphatic heterocycles. The third kappa shape index (κ3) is 13.5. The lowest BCUT2D eigenvalue weighted by molar-refractivity contribution is -0.266. The van der Waals surface area contributed by atoms with Crippen molar-refractivity contribution in [3.8, 4) is 0 Å². The van der Waals surface area contributed by atoms with Gasteiger partial charge in [-0.25, -0.2) is 4.79 Å². The van der Waals surface area contributed by atoms with Crippen molar-refractivity contribution in [2.75, 3.05) is 34.5 Å². The SMILES string of the molecule is COC1CC(C[C@H]2C3CCCN4C(=O)C(=O)C5(O)O[C@@H](CCC5C)C[C@H](OC)/C(C)=C/C=C/C=C/C(C)CC(C)C(=O)[C@H](OC)C(O)/C(C)=C/C(C)C(=O)C[C@@H]2OC(=O)C34)CCC1S[P+](C)=O. The van der Waals surface area contributed by atoms with Crippen molar-refractivity contribution < 1.29 is 62.4 Å². The molecule has 1 aliphatic carbocycles. The number of piperidine rings is 1. The Morgan fingerprint density at radius 3 is 2.30 bits per heavy atom. The van der Waals surface area contributed by atoms with Gasteiger partial charge in [-0.05, 0) is 101 Å². The molecule has 5 rings (SSSR count). The Hall–Kier alpha value is -2.88. The van der Waals surface area contributed by atoms with E-state index in [0.717, 1.165) is 18.4 Å². The van der Waals surface area contributed by atoms with Gasteiger partial charge in [0.05, 0.1) is 23.6 Å². The highest BCUT2D eigenvalue weighted by Crippen LogP contribution is 2.49. The number of fused-ring (bicyclic) bond motifs is 4. The van der Waals surface area contributed by atoms with Gasteiger partial charge in [0.25, 0.3) is 11.7 Å². The lowest BCUT2D eigenvalue weighted by Gasteiger charge is -2.50. The van der Waals surface area contributed by atoms with Crippen molar-refractivity contribution in [3.05, 3.63) is 47.6 Å². The van der Waals surface area contributed by atoms with Gasteiger partial charge in [0, 0.05) is 64.4 Å². The van der Waals surface area contributed by atoms with Gasteiger partial charge < -0.3 is 38.8 Å². The van der Waals surface area contributed by atoms with Crippen LogP contribution in [-0.4, -0.2) is 133 Å². The Bertz CT molecular complexity index is 1920. The van der Waals surface area contributed by atoms with E-state index in [2.05, 4.69) is 0 Å². The van der Waals surface area contributed by atoms with E-state index in [1.54, 1.807) is 47.7 Å². The second-order valence-electron chi connectivity index (χ2n) is 20.0. The van der Waals surface area contributed by atoms with Crippen LogP contribution >= 0.6 is 18.4 Å². The topological polar surface area (TPSA) is 192 Å². The van der Waals surface area contributed by atoms with E-state index in [1.165, 1.54) is 23.4 Å². The van der Waals surface area contributed by atoms with Gasteiger partial charge in [0.2, 0.25) is 5.79 Å². The van der Waals surface area contributed by atoms with Crippen molar-refractivity contribution in [2.24, 2.45) is 41.4 Å². The quantitative estimate of drug-likeness (QED) is 0.110. The van der Waals surface area contributed by atoms with Crippen LogP contribution in [0, 0.1) is 41.4 Å². The Kier molecular flexibility index (Phi) is 20.4. The van der Waals surface area contributed by atoms with Crippen LogP contribution in [0.5, 0.6) is 0 Å². The normalized spacial score (nSPS) is 42.0. The summed E-state index contributed by atoms with van der Waals surface area (Å²) in [6, 6.07) is -1.12. The number of ketones is 3. The maximum Gasteiger partial charge on any atom is 0.407 e. The van der Waals surface area contributed by atoms with Gasteiger partial charge in [0.15, 0.2) is 5.78 Å². The van der Waals surface area contributed by atoms with Gasteiger partial charge in [-0.3, -0.25) is 19.2 Å². The molecule has 3 saturated heterocycles. The molecular formula is C51H77NO13PS+. The van der Waals surface area contributed by atoms with Crippen molar-refractivity contribution in [1.29, 1.82) is 0 Å². The maximum atomic E-state index is 14.5. The summed E-state index contributed by atoms with van der Waals surface area (Å²) < 4.78 is 42.1. The van der Waals surface area contributed by atoms with Crippen LogP contribution in [0.1, 0.15) is 112 Å². The zero-order chi connectivity index (χ0) is 49.3. The second kappa shape index (κ2) is 24.8. The number of aliphatic hydroxyl groups excluding tert-OH is 1. The molecule has 12 unspecified atom stereocenters. The molecule has 0 aromatic carbocycles. The number of rotatable bonds is 7. The number of amides is 1. The number of esters is 1. The fraction of sp³-hybridized carbons (Fsp3) is 0.745. The lowest BCUT2D eigenvalue weighted by Crippen LogP contribution is -2.65. The van der Waals surface area contributed by atoms with Gasteiger partial charge in [-0.1, -0.05) is 68.7 Å². The fourth-order valence-corrected chi connectivity index (χ4v) is 14.1. The summed E-state index contributed by atoms with van der Waals surface area (Å²) in [5.74, 6) is -8.36. The Morgan fingerprint density at radius 2 is 1.63 bits per heavy atom. The third-order valence-corrected chi connectivity index (χ3v) is 18.0. The lowest BCUT2D eigenvalue weighted by atomic mass is 9.68. The highest BCUT2D eigenvalue weighted by molar-refractivity contribution is 8.51. The molecule has 0 radical (unpaired) electrons. The molecule has 0 aromatic heterocycles. The number of nitrogens with zero attached hydrogens (tertiary/aromatic N) is 1. The predicted molar refractivity (Wildman–Crippen MR) is 257 cm³/mol. The van der Waals surface area contributed by atoms with Crippen molar-refractivity contribution in [3.63, 3.8) is 0 Å². The second-order valence-corrected chi connectivity index (χ2v) is 23.9. The standard InChI is InChI=1S/C51H77NO13PS/c1-29-15-12-11-13-16-30(2)40(61-7)27-36-20-18-34(6)51(59,65-36)48(56)49(57)52-22-14-17-37-38(25-35-19-21-43(67-66(10)60)42(26-35)62-8)41(64-50(58)44(37)52)28-39(53)31(3)24-33(5)46(55)47(63-9)45(54)32(4)23-29/h11-13,15-16,24,29,31-32,34-38,40-44,46-47,55,59H,14,17-23,25-28H2,1-10H3/q+1/b13-11+,15-12+,30-16+,33-24+/t29?,31?,32?,34?,35?,36-,37?,38-,40-,41-,42?,43?,44?,46?,47-,51?/m0/s1. The summed E-state index contributed by atoms with van der Waals surface area (Å²) in [5, 5.41) is 23.6. The zero-order valence-electron chi connectivity index (χ0n) is 41.3. The first kappa shape index (κ1) is 55.1. The van der Waals surface area contributed by atoms with Crippen LogP contribution < -0.4 is 0 Å². The minimum absolute atomic E-state index is 0.0210. The molecular weight excluding hydrogens is 898 g/mol. The van der Waals surface area contributed by atoms with Gasteiger partial charge in [-0.2, -0.15) is 0 Å². The minimum atomic E-state index is -2.44. The first-order valence-corrected chi connectivity index (χ1v) is 27.5. The third-order valence-electron chi connectivity index (χ3n) is 15.2. The monoisotopic (exact) mass is 974 g/mol. The van der Waals surface area contributed by atoms with Crippen LogP contribution in [0.15, 0.2) is 47.6 Å². The number of ether oxygens (including phenoxy) is 5. The number of carbonyl (C=O) groups is 5. The molecule has 2 N–H and O–H groups in total. The molecule has 14 nitrogen and oxygen atoms in total. The largest absolute Gasteiger partial charge is 0.460 e. The first-order valence-electron chi connectivity index (χ1n) is 24.3. The zero-order valence-corrected chi connectivity index (χ0v) is 43.0. The van der Waals surface area contributed by atoms with Crippen LogP contribution in [0.25, 0.3) is 0 Å². The van der Waals surface area contributed by atoms with Crippen molar-refractivity contribution >= 4 is 47.6 Å². The number of methoxy groups -OCH3 is 3. The highest BCUT2D eigenvalue weighted by Gasteiger charge is 2.57. The molecule has 4 fully saturated rings. The van der Waals surface area contributed by atoms with Crippen LogP contribution in [0.3, 0.4) is 0 Å². The summed E-state index contributed by atoms with van der Waals surface area (Å²) >= 11 is 1.43. The Morgan fingerprint density at radius 1 is 0.896 bits per heavy atom. The number of carbonyl (C=O) groups excluding carboxylic acids is 5. The fourth-order valence-electron chi connectivity index (χ4n) is 11.2. The molecule has 374 valence electrons. The average molecular weight is 975 g/mol. The molecule has 0 aromatic rings. The van der Waals surface area contributed by atoms with E-state index in [1.807, 2.05) is 51.2 Å². The van der Waals surface area contributed by atoms with Crippen LogP contribution in [-0.2, 0) is 52.2 Å². The molecule has 67 heavy (non-hydrogen) atoms. The summed E-state index contributed by atoms with van der Waals surface area (Å²) in [7, 11) is 3.17. The molecule has 5 aliphatic rings. The van der Waals surface area contributed by atoms with E-state index in [0.29, 0.717) is 56.9 Å². The van der Waals surface area contributed by atoms with E-state index in [4.69, 9.17) is 23.7 Å². The van der Waals surface area contributed by atoms with Gasteiger partial charge >= 0.3 is 13.0 Å². The van der Waals surface area contributed by atoms with Gasteiger partial charge in [0.1, 0.15) is 48.2 Å². The number of hydrogen-bond donors (Lipinski definition) is 2. The summed E-state index contributed by atoms with van der Waals surface area (Å²) in [6.07, 6.45) is 12.2. The van der Waals surface area contributed by atoms with Crippen LogP contribution in [0.4, 0.5) is 0 Å².